The molecule has 0 radical (unpaired) electrons. The van der Waals surface area contributed by atoms with Gasteiger partial charge in [-0.3, -0.25) is 0 Å². The van der Waals surface area contributed by atoms with E-state index in [-0.39, 0.29) is 17.5 Å². The number of rotatable bonds is 4. The second-order valence-electron chi connectivity index (χ2n) is 5.70. The van der Waals surface area contributed by atoms with Gasteiger partial charge in [0.05, 0.1) is 18.1 Å². The highest BCUT2D eigenvalue weighted by molar-refractivity contribution is 7.91. The largest absolute Gasteiger partial charge is 0.340 e. The molecule has 0 unspecified atom stereocenters. The third kappa shape index (κ3) is 4.47. The van der Waals surface area contributed by atoms with Crippen LogP contribution in [0.3, 0.4) is 0 Å². The van der Waals surface area contributed by atoms with Crippen LogP contribution in [0.5, 0.6) is 0 Å². The van der Waals surface area contributed by atoms with Crippen LogP contribution >= 0.6 is 35.2 Å². The Balaban J connectivity index is 1.78. The fourth-order valence-electron chi connectivity index (χ4n) is 2.69. The standard InChI is InChI=1S/C16H17ClN2O2S3/c17-12-3-5-13(6-4-12)18-16(22)19(10-15-2-1-8-23-15)14-7-9-24(20,21)11-14/h1-6,8,14H,7,9-11H2,(H,18,22)/t14-/m1/s1. The van der Waals surface area contributed by atoms with E-state index >= 15 is 0 Å². The second kappa shape index (κ2) is 7.39. The summed E-state index contributed by atoms with van der Waals surface area (Å²) >= 11 is 13.1. The number of halogens is 1. The van der Waals surface area contributed by atoms with Gasteiger partial charge in [-0.15, -0.1) is 11.3 Å². The third-order valence-electron chi connectivity index (χ3n) is 3.91. The molecule has 2 heterocycles. The predicted octanol–water partition coefficient (Wildman–Crippen LogP) is 3.79. The van der Waals surface area contributed by atoms with Crippen molar-refractivity contribution in [2.75, 3.05) is 16.8 Å². The molecule has 1 N–H and O–H groups in total. The lowest BCUT2D eigenvalue weighted by Crippen LogP contribution is -2.42. The highest BCUT2D eigenvalue weighted by atomic mass is 35.5. The molecule has 3 rings (SSSR count). The molecule has 1 aliphatic heterocycles. The van der Waals surface area contributed by atoms with Gasteiger partial charge in [0.1, 0.15) is 0 Å². The number of nitrogens with one attached hydrogen (secondary N) is 1. The van der Waals surface area contributed by atoms with Crippen molar-refractivity contribution in [3.63, 3.8) is 0 Å². The first-order valence-electron chi connectivity index (χ1n) is 7.49. The topological polar surface area (TPSA) is 49.4 Å². The van der Waals surface area contributed by atoms with Gasteiger partial charge in [0, 0.05) is 21.6 Å². The zero-order valence-electron chi connectivity index (χ0n) is 12.8. The van der Waals surface area contributed by atoms with E-state index in [2.05, 4.69) is 5.32 Å². The summed E-state index contributed by atoms with van der Waals surface area (Å²) in [5.74, 6) is 0.378. The van der Waals surface area contributed by atoms with Crippen LogP contribution in [0.15, 0.2) is 41.8 Å². The predicted molar refractivity (Wildman–Crippen MR) is 105 cm³/mol. The highest BCUT2D eigenvalue weighted by Crippen LogP contribution is 2.23. The molecule has 0 aliphatic carbocycles. The SMILES string of the molecule is O=S1(=O)CC[C@@H](N(Cc2cccs2)C(=S)Nc2ccc(Cl)cc2)C1. The van der Waals surface area contributed by atoms with Gasteiger partial charge >= 0.3 is 0 Å². The Bertz CT molecular complexity index is 804. The van der Waals surface area contributed by atoms with E-state index in [4.69, 9.17) is 23.8 Å². The lowest BCUT2D eigenvalue weighted by Gasteiger charge is -2.30. The minimum atomic E-state index is -2.97. The number of benzene rings is 1. The van der Waals surface area contributed by atoms with E-state index < -0.39 is 9.84 Å². The first-order valence-corrected chi connectivity index (χ1v) is 11.0. The Hall–Kier alpha value is -1.15. The summed E-state index contributed by atoms with van der Waals surface area (Å²) in [4.78, 5) is 3.14. The number of hydrogen-bond donors (Lipinski definition) is 1. The van der Waals surface area contributed by atoms with E-state index in [1.165, 1.54) is 0 Å². The number of anilines is 1. The molecule has 2 aromatic rings. The summed E-state index contributed by atoms with van der Waals surface area (Å²) in [5.41, 5.74) is 0.835. The summed E-state index contributed by atoms with van der Waals surface area (Å²) in [5, 5.41) is 6.39. The molecule has 1 fully saturated rings. The molecule has 0 amide bonds. The van der Waals surface area contributed by atoms with Gasteiger partial charge in [0.2, 0.25) is 0 Å². The van der Waals surface area contributed by atoms with Crippen LogP contribution in [-0.4, -0.2) is 36.0 Å². The first kappa shape index (κ1) is 17.7. The van der Waals surface area contributed by atoms with Crippen LogP contribution in [0.1, 0.15) is 11.3 Å². The molecule has 1 aliphatic rings. The van der Waals surface area contributed by atoms with Crippen molar-refractivity contribution < 1.29 is 8.42 Å². The monoisotopic (exact) mass is 400 g/mol. The number of hydrogen-bond acceptors (Lipinski definition) is 4. The molecule has 24 heavy (non-hydrogen) atoms. The summed E-state index contributed by atoms with van der Waals surface area (Å²) in [6.45, 7) is 0.608. The van der Waals surface area contributed by atoms with E-state index in [1.807, 2.05) is 34.5 Å². The maximum Gasteiger partial charge on any atom is 0.174 e. The second-order valence-corrected chi connectivity index (χ2v) is 9.79. The van der Waals surface area contributed by atoms with Crippen molar-refractivity contribution in [2.24, 2.45) is 0 Å². The maximum atomic E-state index is 11.9. The van der Waals surface area contributed by atoms with E-state index in [9.17, 15) is 8.42 Å². The summed E-state index contributed by atoms with van der Waals surface area (Å²) in [6.07, 6.45) is 0.607. The molecule has 1 aromatic heterocycles. The number of thiocarbonyl (C=S) groups is 1. The normalized spacial score (nSPS) is 19.1. The Kier molecular flexibility index (Phi) is 5.44. The molecule has 8 heteroatoms. The van der Waals surface area contributed by atoms with Crippen molar-refractivity contribution >= 4 is 55.8 Å². The van der Waals surface area contributed by atoms with E-state index in [0.29, 0.717) is 23.1 Å². The van der Waals surface area contributed by atoms with Crippen molar-refractivity contribution in [2.45, 2.75) is 19.0 Å². The zero-order chi connectivity index (χ0) is 17.2. The molecule has 4 nitrogen and oxygen atoms in total. The number of thiophene rings is 1. The molecule has 0 spiro atoms. The van der Waals surface area contributed by atoms with E-state index in [0.717, 1.165) is 10.6 Å². The van der Waals surface area contributed by atoms with Crippen LogP contribution in [0, 0.1) is 0 Å². The minimum absolute atomic E-state index is 0.0931. The molecular formula is C16H17ClN2O2S3. The lowest BCUT2D eigenvalue weighted by molar-refractivity contribution is 0.335. The Morgan fingerprint density at radius 2 is 2.08 bits per heavy atom. The van der Waals surface area contributed by atoms with Crippen LogP contribution < -0.4 is 5.32 Å². The van der Waals surface area contributed by atoms with Gasteiger partial charge in [0.25, 0.3) is 0 Å². The van der Waals surface area contributed by atoms with Crippen LogP contribution in [0.4, 0.5) is 5.69 Å². The summed E-state index contributed by atoms with van der Waals surface area (Å²) < 4.78 is 23.7. The Morgan fingerprint density at radius 3 is 2.67 bits per heavy atom. The van der Waals surface area contributed by atoms with Gasteiger partial charge in [-0.2, -0.15) is 0 Å². The van der Waals surface area contributed by atoms with Gasteiger partial charge in [0.15, 0.2) is 14.9 Å². The average Bonchev–Trinajstić information content (AvgIpc) is 3.16. The quantitative estimate of drug-likeness (QED) is 0.791. The zero-order valence-corrected chi connectivity index (χ0v) is 16.0. The number of sulfone groups is 1. The molecular weight excluding hydrogens is 384 g/mol. The molecule has 1 aromatic carbocycles. The fraction of sp³-hybridized carbons (Fsp3) is 0.312. The van der Waals surface area contributed by atoms with Gasteiger partial charge in [-0.05, 0) is 54.4 Å². The number of nitrogens with zero attached hydrogens (tertiary/aromatic N) is 1. The molecule has 0 bridgehead atoms. The van der Waals surface area contributed by atoms with E-state index in [1.54, 1.807) is 23.5 Å². The minimum Gasteiger partial charge on any atom is -0.340 e. The van der Waals surface area contributed by atoms with Crippen LogP contribution in [0.25, 0.3) is 0 Å². The molecule has 128 valence electrons. The molecule has 1 saturated heterocycles. The van der Waals surface area contributed by atoms with Gasteiger partial charge < -0.3 is 10.2 Å². The lowest BCUT2D eigenvalue weighted by atomic mass is 10.2. The Labute approximate surface area is 156 Å². The summed E-state index contributed by atoms with van der Waals surface area (Å²) in [6, 6.07) is 11.2. The van der Waals surface area contributed by atoms with Crippen molar-refractivity contribution in [3.05, 3.63) is 51.7 Å². The maximum absolute atomic E-state index is 11.9. The Morgan fingerprint density at radius 1 is 1.33 bits per heavy atom. The molecule has 0 saturated carbocycles. The van der Waals surface area contributed by atoms with Crippen LogP contribution in [0.2, 0.25) is 5.02 Å². The van der Waals surface area contributed by atoms with Gasteiger partial charge in [-0.25, -0.2) is 8.42 Å². The summed E-state index contributed by atoms with van der Waals surface area (Å²) in [7, 11) is -2.97. The van der Waals surface area contributed by atoms with Crippen LogP contribution in [-0.2, 0) is 16.4 Å². The highest BCUT2D eigenvalue weighted by Gasteiger charge is 2.33. The van der Waals surface area contributed by atoms with Crippen molar-refractivity contribution in [1.29, 1.82) is 0 Å². The average molecular weight is 401 g/mol. The first-order chi connectivity index (χ1) is 11.4. The third-order valence-corrected chi connectivity index (χ3v) is 7.11. The smallest absolute Gasteiger partial charge is 0.174 e. The molecule has 1 atom stereocenters. The van der Waals surface area contributed by atoms with Crippen molar-refractivity contribution in [1.82, 2.24) is 4.90 Å². The van der Waals surface area contributed by atoms with Gasteiger partial charge in [-0.1, -0.05) is 17.7 Å². The van der Waals surface area contributed by atoms with Crippen molar-refractivity contribution in [3.8, 4) is 0 Å². The fourth-order valence-corrected chi connectivity index (χ4v) is 5.58.